The molecule has 4 rings (SSSR count). The molecule has 11 heteroatoms. The number of carbonyl (C=O) groups is 4. The second-order valence-electron chi connectivity index (χ2n) is 10.1. The van der Waals surface area contributed by atoms with Crippen LogP contribution in [0.3, 0.4) is 0 Å². The first kappa shape index (κ1) is 30.7. The van der Waals surface area contributed by atoms with Crippen LogP contribution in [0.2, 0.25) is 0 Å². The van der Waals surface area contributed by atoms with E-state index in [4.69, 9.17) is 23.7 Å². The Bertz CT molecular complexity index is 1450. The quantitative estimate of drug-likeness (QED) is 0.295. The second-order valence-corrected chi connectivity index (χ2v) is 10.1. The normalized spacial score (nSPS) is 22.7. The molecule has 0 bridgehead atoms. The zero-order valence-electron chi connectivity index (χ0n) is 24.1. The second kappa shape index (κ2) is 13.2. The predicted octanol–water partition coefficient (Wildman–Crippen LogP) is 3.54. The van der Waals surface area contributed by atoms with Gasteiger partial charge in [0.25, 0.3) is 0 Å². The summed E-state index contributed by atoms with van der Waals surface area (Å²) >= 11 is 0. The van der Waals surface area contributed by atoms with Gasteiger partial charge in [-0.25, -0.2) is 0 Å². The van der Waals surface area contributed by atoms with Gasteiger partial charge in [0.2, 0.25) is 0 Å². The van der Waals surface area contributed by atoms with Crippen LogP contribution in [-0.2, 0) is 49.3 Å². The number of nitrogens with zero attached hydrogens (tertiary/aromatic N) is 1. The molecule has 0 amide bonds. The molecule has 1 N–H and O–H groups in total. The van der Waals surface area contributed by atoms with Gasteiger partial charge in [-0.3, -0.25) is 19.2 Å². The number of hydrogen-bond acceptors (Lipinski definition) is 10. The zero-order chi connectivity index (χ0) is 30.6. The van der Waals surface area contributed by atoms with Crippen LogP contribution in [0.15, 0.2) is 54.7 Å². The summed E-state index contributed by atoms with van der Waals surface area (Å²) in [5.41, 5.74) is 2.99. The minimum Gasteiger partial charge on any atom is -0.463 e. The molecule has 11 nitrogen and oxygen atoms in total. The first-order valence-corrected chi connectivity index (χ1v) is 13.7. The van der Waals surface area contributed by atoms with Crippen LogP contribution < -0.4 is 0 Å². The third-order valence-electron chi connectivity index (χ3n) is 7.01. The summed E-state index contributed by atoms with van der Waals surface area (Å²) in [4.78, 5) is 48.3. The summed E-state index contributed by atoms with van der Waals surface area (Å²) in [6, 6.07) is 14.9. The van der Waals surface area contributed by atoms with Crippen LogP contribution in [0.4, 0.5) is 0 Å². The van der Waals surface area contributed by atoms with Crippen LogP contribution in [0.25, 0.3) is 10.9 Å². The standard InChI is InChI=1S/C31H35NO10/c1-6-21-11-13-22(14-12-21)27(37)24-15-32(25-10-8-7-9-23(24)25)31-30(41-20(5)36)29(40-19(4)35)28(39-18(3)34)26(42-31)16-38-17(2)33/h7-15,26-31,37H,6,16H2,1-5H3/t26-,27?,28-,29+,30-,31+/m1/s1. The molecule has 1 unspecified atom stereocenters. The fourth-order valence-corrected chi connectivity index (χ4v) is 5.20. The molecule has 1 aliphatic heterocycles. The highest BCUT2D eigenvalue weighted by Crippen LogP contribution is 2.39. The van der Waals surface area contributed by atoms with Gasteiger partial charge in [0.05, 0.1) is 5.52 Å². The van der Waals surface area contributed by atoms with Crippen LogP contribution >= 0.6 is 0 Å². The first-order chi connectivity index (χ1) is 20.0. The maximum Gasteiger partial charge on any atom is 0.303 e. The zero-order valence-corrected chi connectivity index (χ0v) is 24.1. The van der Waals surface area contributed by atoms with Crippen molar-refractivity contribution in [3.8, 4) is 0 Å². The van der Waals surface area contributed by atoms with Gasteiger partial charge in [-0.15, -0.1) is 0 Å². The van der Waals surface area contributed by atoms with Crippen molar-refractivity contribution in [2.45, 2.75) is 77.8 Å². The number of hydrogen-bond donors (Lipinski definition) is 1. The van der Waals surface area contributed by atoms with E-state index >= 15 is 0 Å². The molecule has 0 spiro atoms. The molecule has 1 fully saturated rings. The SMILES string of the molecule is CCc1ccc(C(O)c2cn([C@H]3O[C@H](COC(C)=O)[C@@H](OC(C)=O)[C@H](OC(C)=O)[C@H]3OC(C)=O)c3ccccc23)cc1. The number of benzene rings is 2. The van der Waals surface area contributed by atoms with Crippen molar-refractivity contribution in [1.29, 1.82) is 0 Å². The summed E-state index contributed by atoms with van der Waals surface area (Å²) in [5.74, 6) is -2.73. The van der Waals surface area contributed by atoms with Crippen LogP contribution in [-0.4, -0.2) is 64.6 Å². The topological polar surface area (TPSA) is 140 Å². The molecule has 42 heavy (non-hydrogen) atoms. The number of aromatic nitrogens is 1. The molecule has 0 aliphatic carbocycles. The van der Waals surface area contributed by atoms with Crippen molar-refractivity contribution in [3.05, 3.63) is 71.4 Å². The molecule has 224 valence electrons. The van der Waals surface area contributed by atoms with Crippen LogP contribution in [0.5, 0.6) is 0 Å². The van der Waals surface area contributed by atoms with Gasteiger partial charge in [-0.2, -0.15) is 0 Å². The number of aryl methyl sites for hydroxylation is 1. The average molecular weight is 582 g/mol. The molecule has 6 atom stereocenters. The number of aliphatic hydroxyl groups excluding tert-OH is 1. The number of para-hydroxylation sites is 1. The minimum atomic E-state index is -1.31. The molecule has 0 radical (unpaired) electrons. The summed E-state index contributed by atoms with van der Waals surface area (Å²) in [6.07, 6.45) is -4.57. The molecular weight excluding hydrogens is 546 g/mol. The Morgan fingerprint density at radius 1 is 0.833 bits per heavy atom. The number of aliphatic hydroxyl groups is 1. The molecule has 3 aromatic rings. The van der Waals surface area contributed by atoms with E-state index in [1.165, 1.54) is 27.7 Å². The van der Waals surface area contributed by atoms with Gasteiger partial charge in [0, 0.05) is 44.8 Å². The maximum atomic E-state index is 12.3. The molecule has 1 saturated heterocycles. The average Bonchev–Trinajstić information content (AvgIpc) is 3.32. The van der Waals surface area contributed by atoms with Gasteiger partial charge < -0.3 is 33.4 Å². The summed E-state index contributed by atoms with van der Waals surface area (Å²) in [5, 5.41) is 12.2. The Balaban J connectivity index is 1.86. The number of fused-ring (bicyclic) bond motifs is 1. The Morgan fingerprint density at radius 2 is 1.43 bits per heavy atom. The number of esters is 4. The molecule has 1 aliphatic rings. The minimum absolute atomic E-state index is 0.340. The highest BCUT2D eigenvalue weighted by atomic mass is 16.7. The lowest BCUT2D eigenvalue weighted by molar-refractivity contribution is -0.267. The maximum absolute atomic E-state index is 12.3. The Hall–Kier alpha value is -4.22. The van der Waals surface area contributed by atoms with Crippen molar-refractivity contribution < 1.29 is 48.0 Å². The smallest absolute Gasteiger partial charge is 0.303 e. The first-order valence-electron chi connectivity index (χ1n) is 13.7. The molecular formula is C31H35NO10. The van der Waals surface area contributed by atoms with Gasteiger partial charge in [0.15, 0.2) is 24.5 Å². The molecule has 2 heterocycles. The fraction of sp³-hybridized carbons (Fsp3) is 0.419. The third kappa shape index (κ3) is 6.80. The largest absolute Gasteiger partial charge is 0.463 e. The van der Waals surface area contributed by atoms with Crippen LogP contribution in [0.1, 0.15) is 63.6 Å². The van der Waals surface area contributed by atoms with E-state index in [1.807, 2.05) is 43.3 Å². The summed E-state index contributed by atoms with van der Waals surface area (Å²) in [7, 11) is 0. The lowest BCUT2D eigenvalue weighted by Crippen LogP contribution is -2.60. The van der Waals surface area contributed by atoms with E-state index in [9.17, 15) is 24.3 Å². The van der Waals surface area contributed by atoms with E-state index in [0.29, 0.717) is 22.0 Å². The lowest BCUT2D eigenvalue weighted by atomic mass is 9.97. The van der Waals surface area contributed by atoms with Crippen molar-refractivity contribution in [1.82, 2.24) is 4.57 Å². The highest BCUT2D eigenvalue weighted by Gasteiger charge is 2.53. The van der Waals surface area contributed by atoms with E-state index in [-0.39, 0.29) is 6.61 Å². The summed E-state index contributed by atoms with van der Waals surface area (Å²) < 4.78 is 30.0. The molecule has 2 aromatic carbocycles. The van der Waals surface area contributed by atoms with Gasteiger partial charge in [-0.05, 0) is 23.6 Å². The lowest BCUT2D eigenvalue weighted by Gasteiger charge is -2.44. The van der Waals surface area contributed by atoms with Crippen LogP contribution in [0, 0.1) is 0 Å². The molecule has 0 saturated carbocycles. The monoisotopic (exact) mass is 581 g/mol. The Kier molecular flexibility index (Phi) is 9.64. The van der Waals surface area contributed by atoms with E-state index < -0.39 is 60.6 Å². The predicted molar refractivity (Wildman–Crippen MR) is 149 cm³/mol. The van der Waals surface area contributed by atoms with E-state index in [1.54, 1.807) is 22.9 Å². The van der Waals surface area contributed by atoms with Gasteiger partial charge >= 0.3 is 23.9 Å². The number of carbonyl (C=O) groups excluding carboxylic acids is 4. The van der Waals surface area contributed by atoms with Gasteiger partial charge in [0.1, 0.15) is 18.8 Å². The number of rotatable bonds is 9. The van der Waals surface area contributed by atoms with E-state index in [2.05, 4.69) is 0 Å². The van der Waals surface area contributed by atoms with Crippen molar-refractivity contribution in [2.24, 2.45) is 0 Å². The highest BCUT2D eigenvalue weighted by molar-refractivity contribution is 5.85. The molecule has 1 aromatic heterocycles. The van der Waals surface area contributed by atoms with Gasteiger partial charge in [-0.1, -0.05) is 49.4 Å². The van der Waals surface area contributed by atoms with E-state index in [0.717, 1.165) is 12.0 Å². The van der Waals surface area contributed by atoms with Crippen molar-refractivity contribution in [3.63, 3.8) is 0 Å². The van der Waals surface area contributed by atoms with Crippen molar-refractivity contribution >= 4 is 34.8 Å². The number of ether oxygens (including phenoxy) is 5. The Morgan fingerprint density at radius 3 is 2.02 bits per heavy atom. The fourth-order valence-electron chi connectivity index (χ4n) is 5.20. The van der Waals surface area contributed by atoms with Crippen molar-refractivity contribution in [2.75, 3.05) is 6.61 Å². The Labute approximate surface area is 243 Å². The third-order valence-corrected chi connectivity index (χ3v) is 7.01. The summed E-state index contributed by atoms with van der Waals surface area (Å²) in [6.45, 7) is 6.45.